The van der Waals surface area contributed by atoms with E-state index in [1.54, 1.807) is 46.1 Å². The van der Waals surface area contributed by atoms with E-state index in [-0.39, 0.29) is 5.91 Å². The summed E-state index contributed by atoms with van der Waals surface area (Å²) >= 11 is 0. The minimum atomic E-state index is -0.590. The van der Waals surface area contributed by atoms with Crippen molar-refractivity contribution >= 4 is 11.6 Å². The zero-order valence-electron chi connectivity index (χ0n) is 11.0. The molecule has 0 radical (unpaired) electrons. The molecule has 0 saturated heterocycles. The third-order valence-electron chi connectivity index (χ3n) is 2.52. The van der Waals surface area contributed by atoms with Crippen LogP contribution in [0.2, 0.25) is 0 Å². The fourth-order valence-electron chi connectivity index (χ4n) is 1.53. The number of carbonyl (C=O) groups excluding carboxylic acids is 1. The first-order valence-corrected chi connectivity index (χ1v) is 5.63. The molecule has 0 aliphatic heterocycles. The Bertz CT molecular complexity index is 455. The van der Waals surface area contributed by atoms with Crippen molar-refractivity contribution in [1.82, 2.24) is 4.90 Å². The van der Waals surface area contributed by atoms with Gasteiger partial charge in [0.1, 0.15) is 5.75 Å². The van der Waals surface area contributed by atoms with Gasteiger partial charge in [0.15, 0.2) is 6.10 Å². The first-order chi connectivity index (χ1) is 8.47. The number of ether oxygens (including phenoxy) is 1. The molecule has 1 N–H and O–H groups in total. The number of likely N-dealkylation sites (N-methyl/N-ethyl adjacent to an activating group) is 1. The minimum Gasteiger partial charge on any atom is -0.480 e. The number of rotatable bonds is 4. The molecule has 1 aromatic carbocycles. The van der Waals surface area contributed by atoms with Crippen LogP contribution in [-0.4, -0.2) is 41.9 Å². The Morgan fingerprint density at radius 3 is 2.56 bits per heavy atom. The second kappa shape index (κ2) is 6.05. The maximum absolute atomic E-state index is 11.7. The maximum atomic E-state index is 11.7. The van der Waals surface area contributed by atoms with Crippen LogP contribution in [0.3, 0.4) is 0 Å². The van der Waals surface area contributed by atoms with Gasteiger partial charge in [0.05, 0.1) is 5.71 Å². The number of nitrogens with zero attached hydrogens (tertiary/aromatic N) is 2. The van der Waals surface area contributed by atoms with E-state index in [1.807, 2.05) is 6.07 Å². The molecular weight excluding hydrogens is 232 g/mol. The number of hydrogen-bond acceptors (Lipinski definition) is 4. The average Bonchev–Trinajstić information content (AvgIpc) is 2.37. The summed E-state index contributed by atoms with van der Waals surface area (Å²) in [4.78, 5) is 13.2. The van der Waals surface area contributed by atoms with Crippen molar-refractivity contribution in [3.8, 4) is 5.75 Å². The minimum absolute atomic E-state index is 0.122. The molecule has 1 rings (SSSR count). The number of amides is 1. The Labute approximate surface area is 107 Å². The molecule has 0 fully saturated rings. The average molecular weight is 250 g/mol. The van der Waals surface area contributed by atoms with Crippen molar-refractivity contribution in [1.29, 1.82) is 0 Å². The van der Waals surface area contributed by atoms with Gasteiger partial charge in [-0.2, -0.15) is 0 Å². The van der Waals surface area contributed by atoms with Crippen LogP contribution >= 0.6 is 0 Å². The molecule has 1 atom stereocenters. The smallest absolute Gasteiger partial charge is 0.262 e. The standard InChI is InChI=1S/C13H18N2O3/c1-9(14-17)11-7-5-6-8-12(11)18-10(2)13(16)15(3)4/h5-8,10,17H,1-4H3/b14-9+. The predicted molar refractivity (Wildman–Crippen MR) is 69.2 cm³/mol. The summed E-state index contributed by atoms with van der Waals surface area (Å²) in [7, 11) is 3.35. The zero-order chi connectivity index (χ0) is 13.7. The Kier molecular flexibility index (Phi) is 4.71. The quantitative estimate of drug-likeness (QED) is 0.503. The number of oxime groups is 1. The molecule has 0 aliphatic rings. The van der Waals surface area contributed by atoms with Crippen LogP contribution in [0.4, 0.5) is 0 Å². The van der Waals surface area contributed by atoms with Crippen LogP contribution in [0.25, 0.3) is 0 Å². The van der Waals surface area contributed by atoms with Crippen LogP contribution < -0.4 is 4.74 Å². The number of carbonyl (C=O) groups is 1. The highest BCUT2D eigenvalue weighted by atomic mass is 16.5. The van der Waals surface area contributed by atoms with E-state index < -0.39 is 6.10 Å². The van der Waals surface area contributed by atoms with Crippen LogP contribution in [0.5, 0.6) is 5.75 Å². The van der Waals surface area contributed by atoms with Gasteiger partial charge in [-0.25, -0.2) is 0 Å². The van der Waals surface area contributed by atoms with Gasteiger partial charge < -0.3 is 14.8 Å². The molecule has 0 aliphatic carbocycles. The Balaban J connectivity index is 2.95. The molecule has 0 heterocycles. The highest BCUT2D eigenvalue weighted by Crippen LogP contribution is 2.20. The molecule has 1 aromatic rings. The molecule has 98 valence electrons. The molecule has 5 nitrogen and oxygen atoms in total. The first kappa shape index (κ1) is 14.0. The Morgan fingerprint density at radius 1 is 1.39 bits per heavy atom. The lowest BCUT2D eigenvalue weighted by atomic mass is 10.1. The molecule has 5 heteroatoms. The molecule has 18 heavy (non-hydrogen) atoms. The third kappa shape index (κ3) is 3.23. The number of hydrogen-bond donors (Lipinski definition) is 1. The molecule has 0 aromatic heterocycles. The van der Waals surface area contributed by atoms with E-state index >= 15 is 0 Å². The van der Waals surface area contributed by atoms with Crippen molar-refractivity contribution in [2.75, 3.05) is 14.1 Å². The third-order valence-corrected chi connectivity index (χ3v) is 2.52. The van der Waals surface area contributed by atoms with Crippen LogP contribution in [0.1, 0.15) is 19.4 Å². The summed E-state index contributed by atoms with van der Waals surface area (Å²) in [5.74, 6) is 0.402. The van der Waals surface area contributed by atoms with E-state index in [9.17, 15) is 4.79 Å². The maximum Gasteiger partial charge on any atom is 0.262 e. The highest BCUT2D eigenvalue weighted by Gasteiger charge is 2.18. The van der Waals surface area contributed by atoms with E-state index in [1.165, 1.54) is 4.90 Å². The summed E-state index contributed by atoms with van der Waals surface area (Å²) in [5, 5.41) is 11.9. The monoisotopic (exact) mass is 250 g/mol. The van der Waals surface area contributed by atoms with E-state index in [0.29, 0.717) is 17.0 Å². The number of benzene rings is 1. The summed E-state index contributed by atoms with van der Waals surface area (Å²) in [6, 6.07) is 7.13. The van der Waals surface area contributed by atoms with Crippen LogP contribution in [0, 0.1) is 0 Å². The molecular formula is C13H18N2O3. The van der Waals surface area contributed by atoms with E-state index in [2.05, 4.69) is 5.16 Å². The largest absolute Gasteiger partial charge is 0.480 e. The Hall–Kier alpha value is -2.04. The van der Waals surface area contributed by atoms with Crippen LogP contribution in [-0.2, 0) is 4.79 Å². The molecule has 1 amide bonds. The van der Waals surface area contributed by atoms with Gasteiger partial charge in [-0.15, -0.1) is 0 Å². The van der Waals surface area contributed by atoms with E-state index in [0.717, 1.165) is 0 Å². The fraction of sp³-hybridized carbons (Fsp3) is 0.385. The molecule has 0 bridgehead atoms. The van der Waals surface area contributed by atoms with Crippen molar-refractivity contribution in [2.24, 2.45) is 5.16 Å². The second-order valence-electron chi connectivity index (χ2n) is 4.17. The summed E-state index contributed by atoms with van der Waals surface area (Å²) in [5.41, 5.74) is 1.11. The van der Waals surface area contributed by atoms with Gasteiger partial charge in [-0.3, -0.25) is 4.79 Å². The van der Waals surface area contributed by atoms with Crippen molar-refractivity contribution in [3.05, 3.63) is 29.8 Å². The van der Waals surface area contributed by atoms with Gasteiger partial charge in [0.25, 0.3) is 5.91 Å². The lowest BCUT2D eigenvalue weighted by molar-refractivity contribution is -0.135. The molecule has 1 unspecified atom stereocenters. The lowest BCUT2D eigenvalue weighted by Gasteiger charge is -2.19. The van der Waals surface area contributed by atoms with Crippen molar-refractivity contribution in [3.63, 3.8) is 0 Å². The lowest BCUT2D eigenvalue weighted by Crippen LogP contribution is -2.35. The summed E-state index contributed by atoms with van der Waals surface area (Å²) in [6.45, 7) is 3.35. The van der Waals surface area contributed by atoms with Crippen molar-refractivity contribution in [2.45, 2.75) is 20.0 Å². The molecule has 0 spiro atoms. The first-order valence-electron chi connectivity index (χ1n) is 5.63. The zero-order valence-corrected chi connectivity index (χ0v) is 11.0. The van der Waals surface area contributed by atoms with Gasteiger partial charge in [-0.05, 0) is 26.0 Å². The topological polar surface area (TPSA) is 62.1 Å². The second-order valence-corrected chi connectivity index (χ2v) is 4.17. The van der Waals surface area contributed by atoms with Gasteiger partial charge in [0, 0.05) is 19.7 Å². The number of para-hydroxylation sites is 1. The summed E-state index contributed by atoms with van der Waals surface area (Å²) < 4.78 is 5.61. The van der Waals surface area contributed by atoms with Gasteiger partial charge >= 0.3 is 0 Å². The van der Waals surface area contributed by atoms with Crippen molar-refractivity contribution < 1.29 is 14.7 Å². The van der Waals surface area contributed by atoms with Crippen LogP contribution in [0.15, 0.2) is 29.4 Å². The normalized spacial score (nSPS) is 13.0. The SMILES string of the molecule is C/C(=N\O)c1ccccc1OC(C)C(=O)N(C)C. The molecule has 0 saturated carbocycles. The summed E-state index contributed by atoms with van der Waals surface area (Å²) in [6.07, 6.45) is -0.590. The van der Waals surface area contributed by atoms with Gasteiger partial charge in [0.2, 0.25) is 0 Å². The van der Waals surface area contributed by atoms with E-state index in [4.69, 9.17) is 9.94 Å². The fourth-order valence-corrected chi connectivity index (χ4v) is 1.53. The predicted octanol–water partition coefficient (Wildman–Crippen LogP) is 1.74. The van der Waals surface area contributed by atoms with Gasteiger partial charge in [-0.1, -0.05) is 17.3 Å². The Morgan fingerprint density at radius 2 is 2.00 bits per heavy atom. The highest BCUT2D eigenvalue weighted by molar-refractivity contribution is 6.00.